The third kappa shape index (κ3) is 6.56. The Labute approximate surface area is 234 Å². The van der Waals surface area contributed by atoms with Gasteiger partial charge in [-0.2, -0.15) is 0 Å². The lowest BCUT2D eigenvalue weighted by atomic mass is 10.0. The number of benzene rings is 2. The molecule has 2 aromatic carbocycles. The molecular formula is C28H31F5N3O2PS. The molecule has 1 aromatic heterocycles. The Hall–Kier alpha value is -2.80. The summed E-state index contributed by atoms with van der Waals surface area (Å²) in [6.07, 6.45) is -6.36. The zero-order chi connectivity index (χ0) is 29.2. The number of methoxy groups -OCH3 is 1. The minimum absolute atomic E-state index is 0.0112. The van der Waals surface area contributed by atoms with E-state index < -0.39 is 37.8 Å². The van der Waals surface area contributed by atoms with Crippen LogP contribution in [-0.2, 0) is 4.57 Å². The van der Waals surface area contributed by atoms with Gasteiger partial charge in [0.15, 0.2) is 6.17 Å². The maximum Gasteiger partial charge on any atom is 0.273 e. The van der Waals surface area contributed by atoms with Gasteiger partial charge in [-0.3, -0.25) is 0 Å². The van der Waals surface area contributed by atoms with Crippen LogP contribution in [0.25, 0.3) is 10.1 Å². The number of alkyl halides is 4. The van der Waals surface area contributed by atoms with Crippen LogP contribution < -0.4 is 20.7 Å². The summed E-state index contributed by atoms with van der Waals surface area (Å²) in [5.41, 5.74) is 0.696. The third-order valence-corrected chi connectivity index (χ3v) is 9.43. The van der Waals surface area contributed by atoms with Gasteiger partial charge in [-0.15, -0.1) is 11.3 Å². The van der Waals surface area contributed by atoms with Crippen molar-refractivity contribution in [1.82, 2.24) is 4.90 Å². The lowest BCUT2D eigenvalue weighted by molar-refractivity contribution is 0.0504. The highest BCUT2D eigenvalue weighted by molar-refractivity contribution is 7.70. The van der Waals surface area contributed by atoms with Gasteiger partial charge in [0.2, 0.25) is 0 Å². The number of ether oxygens (including phenoxy) is 1. The minimum atomic E-state index is -3.25. The number of thiophene rings is 1. The molecule has 0 bridgehead atoms. The summed E-state index contributed by atoms with van der Waals surface area (Å²) in [7, 11) is 0.288. The van der Waals surface area contributed by atoms with E-state index in [2.05, 4.69) is 22.5 Å². The highest BCUT2D eigenvalue weighted by atomic mass is 32.1. The Morgan fingerprint density at radius 1 is 1.23 bits per heavy atom. The first-order valence-electron chi connectivity index (χ1n) is 12.6. The molecule has 3 atom stereocenters. The lowest BCUT2D eigenvalue weighted by Crippen LogP contribution is -2.46. The van der Waals surface area contributed by atoms with Gasteiger partial charge in [-0.05, 0) is 38.9 Å². The van der Waals surface area contributed by atoms with Crippen LogP contribution in [0.4, 0.5) is 33.3 Å². The minimum Gasteiger partial charge on any atom is -0.494 e. The van der Waals surface area contributed by atoms with E-state index in [1.54, 1.807) is 18.2 Å². The zero-order valence-electron chi connectivity index (χ0n) is 22.5. The van der Waals surface area contributed by atoms with E-state index in [0.29, 0.717) is 34.4 Å². The number of nitrogens with zero attached hydrogens (tertiary/aromatic N) is 1. The molecule has 0 aliphatic carbocycles. The van der Waals surface area contributed by atoms with Crippen LogP contribution in [-0.4, -0.2) is 70.7 Å². The van der Waals surface area contributed by atoms with Gasteiger partial charge in [-0.1, -0.05) is 24.0 Å². The molecule has 0 amide bonds. The predicted octanol–water partition coefficient (Wildman–Crippen LogP) is 6.49. The van der Waals surface area contributed by atoms with Gasteiger partial charge in [-0.25, -0.2) is 22.0 Å². The SMILES string of the molecule is COc1cc(F)c(P(C)(C)=O)cc1NCC#Cc1sc2c(NC3CCN(C)CC3F)cccc2c1C(F)C(F)F. The third-order valence-electron chi connectivity index (χ3n) is 6.75. The van der Waals surface area contributed by atoms with Crippen molar-refractivity contribution < 1.29 is 31.3 Å². The highest BCUT2D eigenvalue weighted by Gasteiger charge is 2.31. The second-order valence-corrected chi connectivity index (χ2v) is 14.3. The number of piperidine rings is 1. The molecule has 0 saturated carbocycles. The van der Waals surface area contributed by atoms with E-state index in [4.69, 9.17) is 4.74 Å². The fourth-order valence-electron chi connectivity index (χ4n) is 4.69. The van der Waals surface area contributed by atoms with E-state index in [0.717, 1.165) is 17.4 Å². The maximum absolute atomic E-state index is 14.9. The van der Waals surface area contributed by atoms with Crippen LogP contribution in [0, 0.1) is 17.7 Å². The predicted molar refractivity (Wildman–Crippen MR) is 154 cm³/mol. The van der Waals surface area contributed by atoms with Crippen LogP contribution in [0.15, 0.2) is 30.3 Å². The summed E-state index contributed by atoms with van der Waals surface area (Å²) in [5.74, 6) is 5.14. The first-order valence-corrected chi connectivity index (χ1v) is 16.0. The molecule has 1 saturated heterocycles. The smallest absolute Gasteiger partial charge is 0.273 e. The topological polar surface area (TPSA) is 53.6 Å². The van der Waals surface area contributed by atoms with Crippen LogP contribution in [0.3, 0.4) is 0 Å². The van der Waals surface area contributed by atoms with Crippen molar-refractivity contribution in [3.8, 4) is 17.6 Å². The van der Waals surface area contributed by atoms with Gasteiger partial charge in [0, 0.05) is 35.4 Å². The van der Waals surface area contributed by atoms with E-state index in [1.165, 1.54) is 26.5 Å². The number of hydrogen-bond donors (Lipinski definition) is 2. The Balaban J connectivity index is 1.65. The van der Waals surface area contributed by atoms with Gasteiger partial charge in [0.25, 0.3) is 6.43 Å². The van der Waals surface area contributed by atoms with Crippen LogP contribution in [0.2, 0.25) is 0 Å². The van der Waals surface area contributed by atoms with Crippen LogP contribution in [0.5, 0.6) is 5.75 Å². The molecule has 216 valence electrons. The number of rotatable bonds is 8. The highest BCUT2D eigenvalue weighted by Crippen LogP contribution is 2.43. The summed E-state index contributed by atoms with van der Waals surface area (Å²) < 4.78 is 89.2. The van der Waals surface area contributed by atoms with Crippen LogP contribution in [0.1, 0.15) is 23.0 Å². The molecule has 40 heavy (non-hydrogen) atoms. The molecule has 3 aromatic rings. The van der Waals surface area contributed by atoms with Crippen LogP contribution >= 0.6 is 18.5 Å². The summed E-state index contributed by atoms with van der Waals surface area (Å²) in [6.45, 7) is 3.87. The monoisotopic (exact) mass is 599 g/mol. The second kappa shape index (κ2) is 12.4. The van der Waals surface area contributed by atoms with E-state index in [1.807, 2.05) is 11.9 Å². The normalized spacial score (nSPS) is 18.9. The molecule has 5 nitrogen and oxygen atoms in total. The van der Waals surface area contributed by atoms with Gasteiger partial charge >= 0.3 is 0 Å². The molecule has 4 rings (SSSR count). The largest absolute Gasteiger partial charge is 0.494 e. The first kappa shape index (κ1) is 30.2. The number of hydrogen-bond acceptors (Lipinski definition) is 6. The summed E-state index contributed by atoms with van der Waals surface area (Å²) >= 11 is 1.07. The molecule has 1 aliphatic rings. The van der Waals surface area contributed by atoms with Crippen molar-refractivity contribution in [3.63, 3.8) is 0 Å². The van der Waals surface area contributed by atoms with Crippen molar-refractivity contribution in [2.24, 2.45) is 0 Å². The number of fused-ring (bicyclic) bond motifs is 1. The van der Waals surface area contributed by atoms with Crippen molar-refractivity contribution in [2.45, 2.75) is 31.2 Å². The summed E-state index contributed by atoms with van der Waals surface area (Å²) in [6, 6.07) is 6.98. The molecule has 3 unspecified atom stereocenters. The van der Waals surface area contributed by atoms with Crippen molar-refractivity contribution in [1.29, 1.82) is 0 Å². The second-order valence-electron chi connectivity index (χ2n) is 10.1. The molecular weight excluding hydrogens is 568 g/mol. The van der Waals surface area contributed by atoms with Crippen molar-refractivity contribution in [3.05, 3.63) is 46.6 Å². The van der Waals surface area contributed by atoms with E-state index in [-0.39, 0.29) is 34.6 Å². The molecule has 0 spiro atoms. The number of halogens is 5. The molecule has 2 heterocycles. The fourth-order valence-corrected chi connectivity index (χ4v) is 6.89. The standard InChI is InChI=1S/C28H31F5N3O2PS/c1-36-12-10-19(18(30)15-36)35-20-8-5-7-16-25(26(31)28(32)33)24(40-27(16)20)9-6-11-34-21-14-23(39(3,4)37)17(29)13-22(21)38-2/h5,7-8,13-14,18-19,26,28,34-35H,10-12,15H2,1-4H3. The number of anilines is 2. The van der Waals surface area contributed by atoms with Gasteiger partial charge in [0.05, 0.1) is 40.6 Å². The number of likely N-dealkylation sites (tertiary alicyclic amines) is 1. The van der Waals surface area contributed by atoms with Gasteiger partial charge < -0.3 is 24.8 Å². The lowest BCUT2D eigenvalue weighted by Gasteiger charge is -2.33. The Bertz CT molecular complexity index is 1480. The molecule has 12 heteroatoms. The van der Waals surface area contributed by atoms with Crippen molar-refractivity contribution in [2.75, 3.05) is 57.8 Å². The Kier molecular flexibility index (Phi) is 9.33. The quantitative estimate of drug-likeness (QED) is 0.176. The first-order chi connectivity index (χ1) is 18.9. The summed E-state index contributed by atoms with van der Waals surface area (Å²) in [5, 5.41) is 6.52. The van der Waals surface area contributed by atoms with E-state index in [9.17, 15) is 26.5 Å². The number of nitrogens with one attached hydrogen (secondary N) is 2. The molecule has 0 radical (unpaired) electrons. The zero-order valence-corrected chi connectivity index (χ0v) is 24.2. The Morgan fingerprint density at radius 2 is 1.98 bits per heavy atom. The molecule has 2 N–H and O–H groups in total. The van der Waals surface area contributed by atoms with Crippen molar-refractivity contribution >= 4 is 45.2 Å². The molecule has 1 fully saturated rings. The fraction of sp³-hybridized carbons (Fsp3) is 0.429. The maximum atomic E-state index is 14.9. The Morgan fingerprint density at radius 3 is 2.62 bits per heavy atom. The average molecular weight is 600 g/mol. The average Bonchev–Trinajstić information content (AvgIpc) is 3.26. The summed E-state index contributed by atoms with van der Waals surface area (Å²) in [4.78, 5) is 2.04. The molecule has 1 aliphatic heterocycles. The van der Waals surface area contributed by atoms with Gasteiger partial charge in [0.1, 0.15) is 24.9 Å². The van der Waals surface area contributed by atoms with E-state index >= 15 is 0 Å².